The molecule has 0 spiro atoms. The van der Waals surface area contributed by atoms with Crippen LogP contribution in [0.1, 0.15) is 25.3 Å². The number of aliphatic carboxylic acids is 1. The van der Waals surface area contributed by atoms with E-state index in [4.69, 9.17) is 0 Å². The molecule has 2 rings (SSSR count). The number of hydrogen-bond acceptors (Lipinski definition) is 2. The number of hydrogen-bond donors (Lipinski definition) is 2. The predicted molar refractivity (Wildman–Crippen MR) is 70.8 cm³/mol. The summed E-state index contributed by atoms with van der Waals surface area (Å²) in [5, 5.41) is 21.1. The number of aromatic hydroxyl groups is 1. The average molecular weight is 244 g/mol. The van der Waals surface area contributed by atoms with Gasteiger partial charge in [-0.2, -0.15) is 0 Å². The van der Waals surface area contributed by atoms with Crippen molar-refractivity contribution in [3.05, 3.63) is 42.0 Å². The molecule has 2 N–H and O–H groups in total. The number of benzene rings is 2. The van der Waals surface area contributed by atoms with Gasteiger partial charge in [0.15, 0.2) is 0 Å². The highest BCUT2D eigenvalue weighted by Gasteiger charge is 2.27. The lowest BCUT2D eigenvalue weighted by molar-refractivity contribution is -0.139. The molecule has 0 saturated heterocycles. The Labute approximate surface area is 106 Å². The highest BCUT2D eigenvalue weighted by molar-refractivity contribution is 5.92. The van der Waals surface area contributed by atoms with Crippen LogP contribution < -0.4 is 0 Å². The van der Waals surface area contributed by atoms with E-state index in [1.807, 2.05) is 38.1 Å². The largest absolute Gasteiger partial charge is 0.508 e. The molecule has 1 atom stereocenters. The van der Waals surface area contributed by atoms with E-state index in [1.165, 1.54) is 0 Å². The second kappa shape index (κ2) is 4.69. The van der Waals surface area contributed by atoms with Gasteiger partial charge in [-0.25, -0.2) is 0 Å². The maximum Gasteiger partial charge on any atom is 0.311 e. The molecule has 94 valence electrons. The number of carboxylic acid groups (broad SMARTS) is 1. The van der Waals surface area contributed by atoms with Crippen LogP contribution in [0.4, 0.5) is 0 Å². The summed E-state index contributed by atoms with van der Waals surface area (Å²) in [7, 11) is 0. The third-order valence-electron chi connectivity index (χ3n) is 3.19. The topological polar surface area (TPSA) is 57.5 Å². The summed E-state index contributed by atoms with van der Waals surface area (Å²) in [6.07, 6.45) is 0. The molecule has 2 aromatic rings. The van der Waals surface area contributed by atoms with Crippen molar-refractivity contribution >= 4 is 16.7 Å². The maximum absolute atomic E-state index is 11.4. The fourth-order valence-electron chi connectivity index (χ4n) is 2.35. The molecule has 0 aliphatic heterocycles. The van der Waals surface area contributed by atoms with Gasteiger partial charge in [-0.15, -0.1) is 0 Å². The normalized spacial score (nSPS) is 12.8. The second-order valence-corrected chi connectivity index (χ2v) is 4.78. The molecule has 1 unspecified atom stereocenters. The Morgan fingerprint density at radius 1 is 1.11 bits per heavy atom. The van der Waals surface area contributed by atoms with Crippen molar-refractivity contribution in [2.45, 2.75) is 19.8 Å². The summed E-state index contributed by atoms with van der Waals surface area (Å²) >= 11 is 0. The smallest absolute Gasteiger partial charge is 0.311 e. The van der Waals surface area contributed by atoms with Crippen LogP contribution in [0.3, 0.4) is 0 Å². The van der Waals surface area contributed by atoms with Gasteiger partial charge in [0, 0.05) is 5.56 Å². The van der Waals surface area contributed by atoms with Gasteiger partial charge >= 0.3 is 5.97 Å². The Balaban J connectivity index is 2.75. The van der Waals surface area contributed by atoms with Crippen molar-refractivity contribution in [1.82, 2.24) is 0 Å². The standard InChI is InChI=1S/C15H16O3/c1-9(2)13(15(17)18)14-11-6-4-3-5-10(11)7-8-12(14)16/h3-9,13,16H,1-2H3,(H,17,18). The lowest BCUT2D eigenvalue weighted by Crippen LogP contribution is -2.18. The van der Waals surface area contributed by atoms with Gasteiger partial charge < -0.3 is 10.2 Å². The molecule has 0 fully saturated rings. The van der Waals surface area contributed by atoms with Gasteiger partial charge in [0.25, 0.3) is 0 Å². The zero-order valence-electron chi connectivity index (χ0n) is 10.4. The monoisotopic (exact) mass is 244 g/mol. The zero-order valence-corrected chi connectivity index (χ0v) is 10.4. The second-order valence-electron chi connectivity index (χ2n) is 4.78. The molecule has 0 radical (unpaired) electrons. The van der Waals surface area contributed by atoms with Crippen molar-refractivity contribution < 1.29 is 15.0 Å². The van der Waals surface area contributed by atoms with Crippen LogP contribution in [0, 0.1) is 5.92 Å². The summed E-state index contributed by atoms with van der Waals surface area (Å²) in [6.45, 7) is 3.69. The molecular weight excluding hydrogens is 228 g/mol. The third-order valence-corrected chi connectivity index (χ3v) is 3.19. The van der Waals surface area contributed by atoms with Crippen LogP contribution in [0.2, 0.25) is 0 Å². The first-order valence-electron chi connectivity index (χ1n) is 5.95. The molecule has 0 aliphatic carbocycles. The number of phenolic OH excluding ortho intramolecular Hbond substituents is 1. The van der Waals surface area contributed by atoms with Crippen molar-refractivity contribution in [2.75, 3.05) is 0 Å². The van der Waals surface area contributed by atoms with E-state index >= 15 is 0 Å². The van der Waals surface area contributed by atoms with Crippen LogP contribution in [-0.4, -0.2) is 16.2 Å². The average Bonchev–Trinajstić information content (AvgIpc) is 2.31. The van der Waals surface area contributed by atoms with Crippen molar-refractivity contribution in [3.8, 4) is 5.75 Å². The SMILES string of the molecule is CC(C)C(C(=O)O)c1c(O)ccc2ccccc12. The van der Waals surface area contributed by atoms with Gasteiger partial charge in [0.05, 0.1) is 5.92 Å². The van der Waals surface area contributed by atoms with Gasteiger partial charge in [0.1, 0.15) is 5.75 Å². The molecule has 3 nitrogen and oxygen atoms in total. The highest BCUT2D eigenvalue weighted by Crippen LogP contribution is 2.37. The molecule has 0 amide bonds. The molecule has 0 bridgehead atoms. The van der Waals surface area contributed by atoms with E-state index in [1.54, 1.807) is 12.1 Å². The number of fused-ring (bicyclic) bond motifs is 1. The summed E-state index contributed by atoms with van der Waals surface area (Å²) in [6, 6.07) is 10.9. The van der Waals surface area contributed by atoms with Crippen LogP contribution in [0.25, 0.3) is 10.8 Å². The van der Waals surface area contributed by atoms with Gasteiger partial charge in [-0.3, -0.25) is 4.79 Å². The Bertz CT molecular complexity index is 587. The lowest BCUT2D eigenvalue weighted by Gasteiger charge is -2.19. The van der Waals surface area contributed by atoms with E-state index < -0.39 is 11.9 Å². The van der Waals surface area contributed by atoms with E-state index in [2.05, 4.69) is 0 Å². The quantitative estimate of drug-likeness (QED) is 0.870. The van der Waals surface area contributed by atoms with E-state index in [0.29, 0.717) is 5.56 Å². The first-order chi connectivity index (χ1) is 8.52. The minimum absolute atomic E-state index is 0.0507. The van der Waals surface area contributed by atoms with Crippen molar-refractivity contribution in [1.29, 1.82) is 0 Å². The molecule has 3 heteroatoms. The predicted octanol–water partition coefficient (Wildman–Crippen LogP) is 3.37. The molecular formula is C15H16O3. The third kappa shape index (κ3) is 2.04. The fourth-order valence-corrected chi connectivity index (χ4v) is 2.35. The Morgan fingerprint density at radius 3 is 2.39 bits per heavy atom. The summed E-state index contributed by atoms with van der Waals surface area (Å²) in [4.78, 5) is 11.4. The van der Waals surface area contributed by atoms with Crippen molar-refractivity contribution in [2.24, 2.45) is 5.92 Å². The highest BCUT2D eigenvalue weighted by atomic mass is 16.4. The molecule has 0 heterocycles. The van der Waals surface area contributed by atoms with Gasteiger partial charge in [-0.05, 0) is 22.8 Å². The number of carboxylic acids is 1. The minimum atomic E-state index is -0.906. The Kier molecular flexibility index (Phi) is 3.24. The number of carbonyl (C=O) groups is 1. The molecule has 2 aromatic carbocycles. The van der Waals surface area contributed by atoms with Crippen LogP contribution in [-0.2, 0) is 4.79 Å². The number of rotatable bonds is 3. The molecule has 0 saturated carbocycles. The first kappa shape index (κ1) is 12.4. The maximum atomic E-state index is 11.4. The Morgan fingerprint density at radius 2 is 1.78 bits per heavy atom. The lowest BCUT2D eigenvalue weighted by atomic mass is 9.85. The van der Waals surface area contributed by atoms with E-state index in [-0.39, 0.29) is 11.7 Å². The van der Waals surface area contributed by atoms with Crippen LogP contribution in [0.15, 0.2) is 36.4 Å². The fraction of sp³-hybridized carbons (Fsp3) is 0.267. The zero-order chi connectivity index (χ0) is 13.3. The van der Waals surface area contributed by atoms with E-state index in [0.717, 1.165) is 10.8 Å². The van der Waals surface area contributed by atoms with Gasteiger partial charge in [0.2, 0.25) is 0 Å². The van der Waals surface area contributed by atoms with Crippen LogP contribution in [0.5, 0.6) is 5.75 Å². The Hall–Kier alpha value is -2.03. The molecule has 18 heavy (non-hydrogen) atoms. The van der Waals surface area contributed by atoms with Crippen molar-refractivity contribution in [3.63, 3.8) is 0 Å². The molecule has 0 aromatic heterocycles. The van der Waals surface area contributed by atoms with E-state index in [9.17, 15) is 15.0 Å². The summed E-state index contributed by atoms with van der Waals surface area (Å²) in [5.74, 6) is -1.64. The summed E-state index contributed by atoms with van der Waals surface area (Å²) in [5.41, 5.74) is 0.510. The van der Waals surface area contributed by atoms with Crippen LogP contribution >= 0.6 is 0 Å². The molecule has 0 aliphatic rings. The minimum Gasteiger partial charge on any atom is -0.508 e. The first-order valence-corrected chi connectivity index (χ1v) is 5.95. The van der Waals surface area contributed by atoms with Gasteiger partial charge in [-0.1, -0.05) is 44.2 Å². The summed E-state index contributed by atoms with van der Waals surface area (Å²) < 4.78 is 0. The number of phenols is 1.